The fraction of sp³-hybridized carbons (Fsp3) is 0.348. The van der Waals surface area contributed by atoms with Crippen LogP contribution in [-0.2, 0) is 6.54 Å². The van der Waals surface area contributed by atoms with Gasteiger partial charge in [0.2, 0.25) is 5.82 Å². The summed E-state index contributed by atoms with van der Waals surface area (Å²) in [6.45, 7) is 4.01. The number of ether oxygens (including phenoxy) is 1. The Morgan fingerprint density at radius 3 is 2.89 bits per heavy atom. The highest BCUT2D eigenvalue weighted by atomic mass is 19.2. The van der Waals surface area contributed by atoms with Gasteiger partial charge in [0, 0.05) is 36.1 Å². The van der Waals surface area contributed by atoms with E-state index in [4.69, 9.17) is 10.5 Å². The van der Waals surface area contributed by atoms with Crippen molar-refractivity contribution in [2.45, 2.75) is 38.8 Å². The highest BCUT2D eigenvalue weighted by Gasteiger charge is 2.23. The van der Waals surface area contributed by atoms with Gasteiger partial charge < -0.3 is 15.8 Å². The molecule has 1 atom stereocenters. The van der Waals surface area contributed by atoms with Crippen LogP contribution in [-0.4, -0.2) is 54.2 Å². The van der Waals surface area contributed by atoms with E-state index >= 15 is 4.39 Å². The third kappa shape index (κ3) is 4.56. The average Bonchev–Trinajstić information content (AvgIpc) is 3.63. The molecule has 35 heavy (non-hydrogen) atoms. The number of benzene rings is 1. The van der Waals surface area contributed by atoms with Crippen molar-refractivity contribution in [1.29, 1.82) is 0 Å². The van der Waals surface area contributed by atoms with Crippen LogP contribution in [0.3, 0.4) is 0 Å². The predicted molar refractivity (Wildman–Crippen MR) is 125 cm³/mol. The molecule has 4 heterocycles. The number of halogens is 2. The summed E-state index contributed by atoms with van der Waals surface area (Å²) in [5, 5.41) is 19.1. The maximum absolute atomic E-state index is 15.1. The van der Waals surface area contributed by atoms with E-state index in [1.807, 2.05) is 10.9 Å². The Hall–Kier alpha value is -3.93. The summed E-state index contributed by atoms with van der Waals surface area (Å²) in [5.41, 5.74) is 7.89. The standard InChI is InChI=1S/C23H25F2N9O/c1-2-8-33-12-15(11-29-33)14-9-17(22(26)28-10-14)23-30-31-32-34(23)18-5-6-19(21(25)20(18)24)35-13-16-4-3-7-27-16/h5-6,9-12,16,27H,2-4,7-8,13H2,1H3,(H2,26,28)/t16-/m1/s1. The molecular formula is C23H25F2N9O. The van der Waals surface area contributed by atoms with Gasteiger partial charge in [-0.15, -0.1) is 5.10 Å². The second kappa shape index (κ2) is 9.74. The van der Waals surface area contributed by atoms with E-state index in [1.54, 1.807) is 18.5 Å². The van der Waals surface area contributed by atoms with Gasteiger partial charge in [-0.05, 0) is 54.4 Å². The van der Waals surface area contributed by atoms with Crippen LogP contribution in [0.5, 0.6) is 5.75 Å². The minimum atomic E-state index is -1.13. The zero-order chi connectivity index (χ0) is 24.4. The summed E-state index contributed by atoms with van der Waals surface area (Å²) < 4.78 is 38.4. The van der Waals surface area contributed by atoms with E-state index in [0.29, 0.717) is 5.56 Å². The van der Waals surface area contributed by atoms with E-state index in [-0.39, 0.29) is 35.7 Å². The minimum Gasteiger partial charge on any atom is -0.489 e. The topological polar surface area (TPSA) is 122 Å². The van der Waals surface area contributed by atoms with Gasteiger partial charge in [0.05, 0.1) is 11.8 Å². The van der Waals surface area contributed by atoms with Gasteiger partial charge in [-0.1, -0.05) is 6.92 Å². The highest BCUT2D eigenvalue weighted by molar-refractivity contribution is 5.76. The lowest BCUT2D eigenvalue weighted by molar-refractivity contribution is 0.261. The molecule has 0 bridgehead atoms. The minimum absolute atomic E-state index is 0.125. The third-order valence-electron chi connectivity index (χ3n) is 5.91. The lowest BCUT2D eigenvalue weighted by Crippen LogP contribution is -2.28. The van der Waals surface area contributed by atoms with Crippen LogP contribution in [0.4, 0.5) is 14.6 Å². The maximum Gasteiger partial charge on any atom is 0.202 e. The predicted octanol–water partition coefficient (Wildman–Crippen LogP) is 2.99. The van der Waals surface area contributed by atoms with Crippen LogP contribution in [0, 0.1) is 11.6 Å². The number of nitrogens with one attached hydrogen (secondary N) is 1. The lowest BCUT2D eigenvalue weighted by Gasteiger charge is -2.14. The molecule has 0 aliphatic carbocycles. The number of rotatable bonds is 8. The van der Waals surface area contributed by atoms with Gasteiger partial charge in [0.15, 0.2) is 17.4 Å². The summed E-state index contributed by atoms with van der Waals surface area (Å²) >= 11 is 0. The van der Waals surface area contributed by atoms with Gasteiger partial charge in [0.1, 0.15) is 18.1 Å². The molecule has 3 aromatic heterocycles. The smallest absolute Gasteiger partial charge is 0.202 e. The first-order valence-corrected chi connectivity index (χ1v) is 11.5. The molecule has 4 aromatic rings. The number of nitrogen functional groups attached to an aromatic ring is 1. The van der Waals surface area contributed by atoms with Crippen molar-refractivity contribution in [3.63, 3.8) is 0 Å². The zero-order valence-corrected chi connectivity index (χ0v) is 19.2. The number of anilines is 1. The number of tetrazole rings is 1. The Morgan fingerprint density at radius 1 is 1.20 bits per heavy atom. The Morgan fingerprint density at radius 2 is 2.09 bits per heavy atom. The number of hydrogen-bond donors (Lipinski definition) is 2. The Balaban J connectivity index is 1.46. The molecule has 182 valence electrons. The molecule has 0 unspecified atom stereocenters. The molecule has 0 amide bonds. The second-order valence-corrected chi connectivity index (χ2v) is 8.38. The number of hydrogen-bond acceptors (Lipinski definition) is 8. The molecule has 10 nitrogen and oxygen atoms in total. The number of aromatic nitrogens is 7. The molecule has 1 aromatic carbocycles. The summed E-state index contributed by atoms with van der Waals surface area (Å²) in [7, 11) is 0. The van der Waals surface area contributed by atoms with Crippen molar-refractivity contribution in [2.24, 2.45) is 0 Å². The molecule has 12 heteroatoms. The Kier molecular flexibility index (Phi) is 6.36. The SMILES string of the molecule is CCCn1cc(-c2cnc(N)c(-c3nnnn3-c3ccc(OC[C@H]4CCCN4)c(F)c3F)c2)cn1. The van der Waals surface area contributed by atoms with Crippen LogP contribution < -0.4 is 15.8 Å². The molecule has 1 fully saturated rings. The van der Waals surface area contributed by atoms with Gasteiger partial charge in [-0.3, -0.25) is 4.68 Å². The van der Waals surface area contributed by atoms with E-state index < -0.39 is 11.6 Å². The van der Waals surface area contributed by atoms with Crippen LogP contribution in [0.2, 0.25) is 0 Å². The fourth-order valence-corrected chi connectivity index (χ4v) is 4.08. The molecule has 0 saturated carbocycles. The van der Waals surface area contributed by atoms with Crippen LogP contribution >= 0.6 is 0 Å². The first-order chi connectivity index (χ1) is 17.0. The summed E-state index contributed by atoms with van der Waals surface area (Å²) in [5.74, 6) is -2.12. The first kappa shape index (κ1) is 22.8. The summed E-state index contributed by atoms with van der Waals surface area (Å²) in [6.07, 6.45) is 8.16. The van der Waals surface area contributed by atoms with Gasteiger partial charge >= 0.3 is 0 Å². The molecular weight excluding hydrogens is 456 g/mol. The van der Waals surface area contributed by atoms with Crippen molar-refractivity contribution in [3.8, 4) is 34.0 Å². The van der Waals surface area contributed by atoms with Gasteiger partial charge in [0.25, 0.3) is 0 Å². The molecule has 0 radical (unpaired) electrons. The van der Waals surface area contributed by atoms with E-state index in [2.05, 4.69) is 37.8 Å². The molecule has 3 N–H and O–H groups in total. The van der Waals surface area contributed by atoms with Crippen LogP contribution in [0.25, 0.3) is 28.2 Å². The third-order valence-corrected chi connectivity index (χ3v) is 5.91. The van der Waals surface area contributed by atoms with Crippen LogP contribution in [0.1, 0.15) is 26.2 Å². The largest absolute Gasteiger partial charge is 0.489 e. The van der Waals surface area contributed by atoms with E-state index in [1.165, 1.54) is 12.1 Å². The fourth-order valence-electron chi connectivity index (χ4n) is 4.08. The van der Waals surface area contributed by atoms with Gasteiger partial charge in [-0.2, -0.15) is 14.2 Å². The van der Waals surface area contributed by atoms with Crippen molar-refractivity contribution >= 4 is 5.82 Å². The first-order valence-electron chi connectivity index (χ1n) is 11.5. The average molecular weight is 482 g/mol. The number of aryl methyl sites for hydroxylation is 1. The molecule has 1 aliphatic heterocycles. The van der Waals surface area contributed by atoms with Crippen molar-refractivity contribution < 1.29 is 13.5 Å². The summed E-state index contributed by atoms with van der Waals surface area (Å²) in [4.78, 5) is 4.26. The Bertz CT molecular complexity index is 1330. The maximum atomic E-state index is 15.1. The van der Waals surface area contributed by atoms with Crippen molar-refractivity contribution in [3.05, 3.63) is 48.4 Å². The number of pyridine rings is 1. The molecule has 1 saturated heterocycles. The van der Waals surface area contributed by atoms with Crippen molar-refractivity contribution in [2.75, 3.05) is 18.9 Å². The quantitative estimate of drug-likeness (QED) is 0.394. The Labute approximate surface area is 200 Å². The zero-order valence-electron chi connectivity index (χ0n) is 19.2. The van der Waals surface area contributed by atoms with Gasteiger partial charge in [-0.25, -0.2) is 9.37 Å². The number of nitrogens with two attached hydrogens (primary N) is 1. The highest BCUT2D eigenvalue weighted by Crippen LogP contribution is 2.31. The number of nitrogens with zero attached hydrogens (tertiary/aromatic N) is 7. The molecule has 5 rings (SSSR count). The second-order valence-electron chi connectivity index (χ2n) is 8.38. The summed E-state index contributed by atoms with van der Waals surface area (Å²) in [6, 6.07) is 4.62. The normalized spacial score (nSPS) is 15.6. The monoisotopic (exact) mass is 481 g/mol. The van der Waals surface area contributed by atoms with Crippen molar-refractivity contribution in [1.82, 2.24) is 40.3 Å². The molecule has 0 spiro atoms. The van der Waals surface area contributed by atoms with E-state index in [9.17, 15) is 4.39 Å². The van der Waals surface area contributed by atoms with E-state index in [0.717, 1.165) is 48.2 Å². The lowest BCUT2D eigenvalue weighted by atomic mass is 10.1. The van der Waals surface area contributed by atoms with Crippen LogP contribution in [0.15, 0.2) is 36.8 Å². The molecule has 1 aliphatic rings.